The number of aromatic nitrogens is 2. The molecule has 1 aromatic carbocycles. The van der Waals surface area contributed by atoms with Crippen LogP contribution in [0.1, 0.15) is 29.8 Å². The van der Waals surface area contributed by atoms with Gasteiger partial charge in [0.05, 0.1) is 11.1 Å². The lowest BCUT2D eigenvalue weighted by atomic mass is 10.2. The molecule has 1 aliphatic heterocycles. The Morgan fingerprint density at radius 3 is 2.43 bits per heavy atom. The van der Waals surface area contributed by atoms with Gasteiger partial charge in [-0.2, -0.15) is 4.31 Å². The molecule has 0 unspecified atom stereocenters. The van der Waals surface area contributed by atoms with Crippen LogP contribution >= 0.6 is 0 Å². The first kappa shape index (κ1) is 19.9. The number of hydrogen-bond acceptors (Lipinski definition) is 7. The number of hydrogen-bond donors (Lipinski definition) is 1. The minimum atomic E-state index is -3.52. The minimum absolute atomic E-state index is 0.00238. The fraction of sp³-hybridized carbons (Fsp3) is 0.333. The molecule has 2 heterocycles. The van der Waals surface area contributed by atoms with Gasteiger partial charge in [-0.3, -0.25) is 9.78 Å². The third-order valence-corrected chi connectivity index (χ3v) is 6.11. The lowest BCUT2D eigenvalue weighted by molar-refractivity contribution is -0.119. The van der Waals surface area contributed by atoms with E-state index < -0.39 is 28.5 Å². The van der Waals surface area contributed by atoms with Crippen molar-refractivity contribution >= 4 is 27.6 Å². The van der Waals surface area contributed by atoms with E-state index in [0.29, 0.717) is 18.8 Å². The Morgan fingerprint density at radius 2 is 1.79 bits per heavy atom. The number of piperidine rings is 1. The third kappa shape index (κ3) is 4.90. The summed E-state index contributed by atoms with van der Waals surface area (Å²) in [6, 6.07) is 5.90. The number of anilines is 1. The Labute approximate surface area is 162 Å². The van der Waals surface area contributed by atoms with E-state index in [1.54, 1.807) is 0 Å². The number of esters is 1. The standard InChI is InChI=1S/C18H20N4O5S/c23-17(13-27-18(24)16-12-19-8-9-20-16)21-14-4-6-15(7-5-14)28(25,26)22-10-2-1-3-11-22/h4-9,12H,1-3,10-11,13H2,(H,21,23). The van der Waals surface area contributed by atoms with E-state index >= 15 is 0 Å². The molecule has 2 aromatic rings. The van der Waals surface area contributed by atoms with Gasteiger partial charge < -0.3 is 10.1 Å². The van der Waals surface area contributed by atoms with Crippen LogP contribution < -0.4 is 5.32 Å². The van der Waals surface area contributed by atoms with Gasteiger partial charge in [-0.25, -0.2) is 18.2 Å². The molecular weight excluding hydrogens is 384 g/mol. The summed E-state index contributed by atoms with van der Waals surface area (Å²) in [5.41, 5.74) is 0.403. The summed E-state index contributed by atoms with van der Waals surface area (Å²) in [6.07, 6.45) is 6.76. The second-order valence-corrected chi connectivity index (χ2v) is 8.14. The Hall–Kier alpha value is -2.85. The topological polar surface area (TPSA) is 119 Å². The van der Waals surface area contributed by atoms with Gasteiger partial charge in [0.1, 0.15) is 0 Å². The Kier molecular flexibility index (Phi) is 6.32. The number of nitrogens with zero attached hydrogens (tertiary/aromatic N) is 3. The van der Waals surface area contributed by atoms with Gasteiger partial charge >= 0.3 is 5.97 Å². The van der Waals surface area contributed by atoms with Crippen LogP contribution in [0.15, 0.2) is 47.8 Å². The van der Waals surface area contributed by atoms with Gasteiger partial charge in [0.15, 0.2) is 12.3 Å². The average Bonchev–Trinajstić information content (AvgIpc) is 2.73. The molecule has 9 nitrogen and oxygen atoms in total. The van der Waals surface area contributed by atoms with Gasteiger partial charge in [0.25, 0.3) is 5.91 Å². The van der Waals surface area contributed by atoms with Crippen molar-refractivity contribution in [3.63, 3.8) is 0 Å². The number of benzene rings is 1. The van der Waals surface area contributed by atoms with E-state index in [1.807, 2.05) is 0 Å². The Bertz CT molecular complexity index is 926. The van der Waals surface area contributed by atoms with Crippen LogP contribution in [-0.2, 0) is 19.6 Å². The third-order valence-electron chi connectivity index (χ3n) is 4.20. The summed E-state index contributed by atoms with van der Waals surface area (Å²) in [6.45, 7) is 0.555. The zero-order chi connectivity index (χ0) is 20.0. The maximum atomic E-state index is 12.6. The number of nitrogens with one attached hydrogen (secondary N) is 1. The molecule has 0 radical (unpaired) electrons. The summed E-state index contributed by atoms with van der Waals surface area (Å²) in [4.78, 5) is 31.4. The molecule has 10 heteroatoms. The zero-order valence-electron chi connectivity index (χ0n) is 15.1. The molecule has 1 fully saturated rings. The summed E-state index contributed by atoms with van der Waals surface area (Å²) < 4.78 is 31.6. The van der Waals surface area contributed by atoms with Crippen LogP contribution in [0.4, 0.5) is 5.69 Å². The first-order valence-electron chi connectivity index (χ1n) is 8.80. The second kappa shape index (κ2) is 8.89. The van der Waals surface area contributed by atoms with Crippen molar-refractivity contribution in [3.05, 3.63) is 48.5 Å². The molecular formula is C18H20N4O5S. The van der Waals surface area contributed by atoms with Gasteiger partial charge in [-0.15, -0.1) is 0 Å². The van der Waals surface area contributed by atoms with E-state index in [9.17, 15) is 18.0 Å². The molecule has 0 bridgehead atoms. The molecule has 1 amide bonds. The lowest BCUT2D eigenvalue weighted by Crippen LogP contribution is -2.35. The van der Waals surface area contributed by atoms with Crippen LogP contribution in [0.25, 0.3) is 0 Å². The van der Waals surface area contributed by atoms with Crippen LogP contribution in [0, 0.1) is 0 Å². The van der Waals surface area contributed by atoms with E-state index in [2.05, 4.69) is 15.3 Å². The highest BCUT2D eigenvalue weighted by Gasteiger charge is 2.25. The molecule has 28 heavy (non-hydrogen) atoms. The fourth-order valence-electron chi connectivity index (χ4n) is 2.77. The van der Waals surface area contributed by atoms with Crippen molar-refractivity contribution in [1.29, 1.82) is 0 Å². The Balaban J connectivity index is 1.55. The van der Waals surface area contributed by atoms with E-state index in [1.165, 1.54) is 47.2 Å². The number of carbonyl (C=O) groups is 2. The monoisotopic (exact) mass is 404 g/mol. The fourth-order valence-corrected chi connectivity index (χ4v) is 4.29. The maximum absolute atomic E-state index is 12.6. The van der Waals surface area contributed by atoms with E-state index in [4.69, 9.17) is 4.74 Å². The molecule has 1 aromatic heterocycles. The molecule has 0 spiro atoms. The van der Waals surface area contributed by atoms with Gasteiger partial charge in [0.2, 0.25) is 10.0 Å². The first-order valence-corrected chi connectivity index (χ1v) is 10.2. The van der Waals surface area contributed by atoms with Crippen molar-refractivity contribution in [2.75, 3.05) is 25.0 Å². The van der Waals surface area contributed by atoms with Gasteiger partial charge in [-0.05, 0) is 37.1 Å². The molecule has 1 N–H and O–H groups in total. The smallest absolute Gasteiger partial charge is 0.359 e. The average molecular weight is 404 g/mol. The first-order chi connectivity index (χ1) is 13.5. The minimum Gasteiger partial charge on any atom is -0.451 e. The Morgan fingerprint density at radius 1 is 1.07 bits per heavy atom. The summed E-state index contributed by atoms with van der Waals surface area (Å²) in [7, 11) is -3.52. The van der Waals surface area contributed by atoms with Crippen LogP contribution in [0.5, 0.6) is 0 Å². The maximum Gasteiger partial charge on any atom is 0.359 e. The molecule has 0 aliphatic carbocycles. The molecule has 1 saturated heterocycles. The number of rotatable bonds is 6. The number of carbonyl (C=O) groups excluding carboxylic acids is 2. The second-order valence-electron chi connectivity index (χ2n) is 6.20. The summed E-state index contributed by atoms with van der Waals surface area (Å²) >= 11 is 0. The molecule has 148 valence electrons. The number of ether oxygens (including phenoxy) is 1. The predicted octanol–water partition coefficient (Wildman–Crippen LogP) is 1.45. The zero-order valence-corrected chi connectivity index (χ0v) is 15.9. The predicted molar refractivity (Wildman–Crippen MR) is 100.0 cm³/mol. The van der Waals surface area contributed by atoms with Crippen LogP contribution in [-0.4, -0.2) is 54.3 Å². The van der Waals surface area contributed by atoms with Gasteiger partial charge in [-0.1, -0.05) is 6.42 Å². The van der Waals surface area contributed by atoms with Crippen LogP contribution in [0.2, 0.25) is 0 Å². The van der Waals surface area contributed by atoms with Crippen molar-refractivity contribution in [1.82, 2.24) is 14.3 Å². The van der Waals surface area contributed by atoms with Crippen molar-refractivity contribution in [2.24, 2.45) is 0 Å². The SMILES string of the molecule is O=C(COC(=O)c1cnccn1)Nc1ccc(S(=O)(=O)N2CCCCC2)cc1. The van der Waals surface area contributed by atoms with E-state index in [0.717, 1.165) is 19.3 Å². The summed E-state index contributed by atoms with van der Waals surface area (Å²) in [5, 5.41) is 2.55. The van der Waals surface area contributed by atoms with Crippen molar-refractivity contribution in [2.45, 2.75) is 24.2 Å². The van der Waals surface area contributed by atoms with Crippen LogP contribution in [0.3, 0.4) is 0 Å². The highest BCUT2D eigenvalue weighted by Crippen LogP contribution is 2.21. The highest BCUT2D eigenvalue weighted by atomic mass is 32.2. The molecule has 3 rings (SSSR count). The van der Waals surface area contributed by atoms with Gasteiger partial charge in [0, 0.05) is 31.2 Å². The number of amides is 1. The number of sulfonamides is 1. The highest BCUT2D eigenvalue weighted by molar-refractivity contribution is 7.89. The van der Waals surface area contributed by atoms with E-state index in [-0.39, 0.29) is 10.6 Å². The lowest BCUT2D eigenvalue weighted by Gasteiger charge is -2.25. The molecule has 0 atom stereocenters. The van der Waals surface area contributed by atoms with Crippen molar-refractivity contribution in [3.8, 4) is 0 Å². The molecule has 0 saturated carbocycles. The summed E-state index contributed by atoms with van der Waals surface area (Å²) in [5.74, 6) is -1.31. The normalized spacial score (nSPS) is 15.0. The van der Waals surface area contributed by atoms with Crippen molar-refractivity contribution < 1.29 is 22.7 Å². The molecule has 1 aliphatic rings. The largest absolute Gasteiger partial charge is 0.451 e. The quantitative estimate of drug-likeness (QED) is 0.724.